The SMILES string of the molecule is CCCC(CC)Nc1cccc(F)n1. The molecule has 0 aromatic carbocycles. The lowest BCUT2D eigenvalue weighted by Gasteiger charge is -2.16. The smallest absolute Gasteiger partial charge is 0.214 e. The van der Waals surface area contributed by atoms with Crippen LogP contribution < -0.4 is 5.32 Å². The first-order valence-corrected chi connectivity index (χ1v) is 5.15. The van der Waals surface area contributed by atoms with Crippen LogP contribution in [0.4, 0.5) is 10.2 Å². The Balaban J connectivity index is 2.57. The maximum atomic E-state index is 12.8. The van der Waals surface area contributed by atoms with E-state index in [9.17, 15) is 4.39 Å². The number of nitrogens with zero attached hydrogens (tertiary/aromatic N) is 1. The van der Waals surface area contributed by atoms with Gasteiger partial charge in [-0.1, -0.05) is 26.3 Å². The van der Waals surface area contributed by atoms with Crippen molar-refractivity contribution in [3.8, 4) is 0 Å². The third kappa shape index (κ3) is 3.32. The van der Waals surface area contributed by atoms with Gasteiger partial charge in [-0.05, 0) is 25.0 Å². The van der Waals surface area contributed by atoms with Crippen molar-refractivity contribution in [2.75, 3.05) is 5.32 Å². The van der Waals surface area contributed by atoms with Crippen LogP contribution in [-0.4, -0.2) is 11.0 Å². The van der Waals surface area contributed by atoms with E-state index >= 15 is 0 Å². The van der Waals surface area contributed by atoms with E-state index in [0.717, 1.165) is 19.3 Å². The zero-order valence-electron chi connectivity index (χ0n) is 8.76. The molecule has 1 rings (SSSR count). The van der Waals surface area contributed by atoms with Gasteiger partial charge in [0, 0.05) is 6.04 Å². The summed E-state index contributed by atoms with van der Waals surface area (Å²) >= 11 is 0. The number of anilines is 1. The van der Waals surface area contributed by atoms with Gasteiger partial charge in [-0.3, -0.25) is 0 Å². The minimum absolute atomic E-state index is 0.397. The lowest BCUT2D eigenvalue weighted by molar-refractivity contribution is 0.578. The van der Waals surface area contributed by atoms with Crippen LogP contribution >= 0.6 is 0 Å². The molecule has 2 nitrogen and oxygen atoms in total. The summed E-state index contributed by atoms with van der Waals surface area (Å²) in [6.07, 6.45) is 3.25. The fraction of sp³-hybridized carbons (Fsp3) is 0.545. The zero-order chi connectivity index (χ0) is 10.4. The lowest BCUT2D eigenvalue weighted by atomic mass is 10.1. The highest BCUT2D eigenvalue weighted by Crippen LogP contribution is 2.10. The van der Waals surface area contributed by atoms with E-state index in [4.69, 9.17) is 0 Å². The first-order valence-electron chi connectivity index (χ1n) is 5.15. The Hall–Kier alpha value is -1.12. The Morgan fingerprint density at radius 1 is 1.43 bits per heavy atom. The van der Waals surface area contributed by atoms with E-state index in [1.165, 1.54) is 6.07 Å². The van der Waals surface area contributed by atoms with Gasteiger partial charge in [0.25, 0.3) is 0 Å². The van der Waals surface area contributed by atoms with Gasteiger partial charge in [0.15, 0.2) is 0 Å². The van der Waals surface area contributed by atoms with Gasteiger partial charge >= 0.3 is 0 Å². The first-order chi connectivity index (χ1) is 6.76. The molecule has 3 heteroatoms. The number of rotatable bonds is 5. The number of pyridine rings is 1. The maximum absolute atomic E-state index is 12.8. The molecule has 1 N–H and O–H groups in total. The Labute approximate surface area is 84.6 Å². The summed E-state index contributed by atoms with van der Waals surface area (Å²) in [4.78, 5) is 3.77. The third-order valence-corrected chi connectivity index (χ3v) is 2.20. The van der Waals surface area contributed by atoms with Crippen LogP contribution in [0.2, 0.25) is 0 Å². The second-order valence-corrected chi connectivity index (χ2v) is 3.38. The Morgan fingerprint density at radius 2 is 2.21 bits per heavy atom. The van der Waals surface area contributed by atoms with E-state index < -0.39 is 5.95 Å². The van der Waals surface area contributed by atoms with E-state index in [-0.39, 0.29) is 0 Å². The maximum Gasteiger partial charge on any atom is 0.214 e. The monoisotopic (exact) mass is 196 g/mol. The molecule has 1 aromatic heterocycles. The van der Waals surface area contributed by atoms with Crippen molar-refractivity contribution in [2.45, 2.75) is 39.2 Å². The van der Waals surface area contributed by atoms with Crippen LogP contribution in [0.3, 0.4) is 0 Å². The van der Waals surface area contributed by atoms with Crippen LogP contribution in [0.1, 0.15) is 33.1 Å². The molecule has 0 aliphatic heterocycles. The Kier molecular flexibility index (Phi) is 4.36. The summed E-state index contributed by atoms with van der Waals surface area (Å²) in [5.74, 6) is 0.201. The summed E-state index contributed by atoms with van der Waals surface area (Å²) in [5, 5.41) is 3.22. The number of aromatic nitrogens is 1. The molecule has 14 heavy (non-hydrogen) atoms. The quantitative estimate of drug-likeness (QED) is 0.731. The summed E-state index contributed by atoms with van der Waals surface area (Å²) in [6.45, 7) is 4.26. The van der Waals surface area contributed by atoms with Gasteiger partial charge < -0.3 is 5.32 Å². The second kappa shape index (κ2) is 5.58. The molecule has 0 fully saturated rings. The molecule has 1 atom stereocenters. The number of hydrogen-bond acceptors (Lipinski definition) is 2. The van der Waals surface area contributed by atoms with Gasteiger partial charge in [0.05, 0.1) is 0 Å². The van der Waals surface area contributed by atoms with Gasteiger partial charge in [0.1, 0.15) is 5.82 Å². The van der Waals surface area contributed by atoms with Crippen molar-refractivity contribution in [3.63, 3.8) is 0 Å². The molecular formula is C11H17FN2. The predicted molar refractivity (Wildman–Crippen MR) is 56.8 cm³/mol. The van der Waals surface area contributed by atoms with Crippen molar-refractivity contribution in [2.24, 2.45) is 0 Å². The fourth-order valence-corrected chi connectivity index (χ4v) is 1.42. The number of hydrogen-bond donors (Lipinski definition) is 1. The van der Waals surface area contributed by atoms with E-state index in [2.05, 4.69) is 24.1 Å². The van der Waals surface area contributed by atoms with Gasteiger partial charge in [0.2, 0.25) is 5.95 Å². The molecule has 0 saturated carbocycles. The van der Waals surface area contributed by atoms with Crippen molar-refractivity contribution in [3.05, 3.63) is 24.1 Å². The van der Waals surface area contributed by atoms with Crippen LogP contribution in [-0.2, 0) is 0 Å². The lowest BCUT2D eigenvalue weighted by Crippen LogP contribution is -2.18. The molecule has 78 valence electrons. The molecule has 0 aliphatic rings. The molecule has 0 bridgehead atoms. The minimum Gasteiger partial charge on any atom is -0.367 e. The molecule has 1 unspecified atom stereocenters. The first kappa shape index (κ1) is 11.0. The highest BCUT2D eigenvalue weighted by atomic mass is 19.1. The largest absolute Gasteiger partial charge is 0.367 e. The molecule has 0 spiro atoms. The summed E-state index contributed by atoms with van der Waals surface area (Å²) in [6, 6.07) is 5.21. The molecule has 1 aromatic rings. The van der Waals surface area contributed by atoms with Crippen molar-refractivity contribution in [1.82, 2.24) is 4.98 Å². The minimum atomic E-state index is -0.429. The number of nitrogens with one attached hydrogen (secondary N) is 1. The standard InChI is InChI=1S/C11H17FN2/c1-3-6-9(4-2)13-11-8-5-7-10(12)14-11/h5,7-9H,3-4,6H2,1-2H3,(H,13,14). The average Bonchev–Trinajstić information content (AvgIpc) is 2.17. The zero-order valence-corrected chi connectivity index (χ0v) is 8.76. The normalized spacial score (nSPS) is 12.5. The summed E-state index contributed by atoms with van der Waals surface area (Å²) in [5.41, 5.74) is 0. The summed E-state index contributed by atoms with van der Waals surface area (Å²) in [7, 11) is 0. The van der Waals surface area contributed by atoms with Gasteiger partial charge in [-0.25, -0.2) is 4.98 Å². The van der Waals surface area contributed by atoms with Crippen LogP contribution in [0.5, 0.6) is 0 Å². The number of halogens is 1. The topological polar surface area (TPSA) is 24.9 Å². The molecule has 0 amide bonds. The Morgan fingerprint density at radius 3 is 2.79 bits per heavy atom. The third-order valence-electron chi connectivity index (χ3n) is 2.20. The van der Waals surface area contributed by atoms with Crippen LogP contribution in [0.25, 0.3) is 0 Å². The van der Waals surface area contributed by atoms with E-state index in [1.807, 2.05) is 0 Å². The van der Waals surface area contributed by atoms with Crippen molar-refractivity contribution < 1.29 is 4.39 Å². The average molecular weight is 196 g/mol. The Bertz CT molecular complexity index is 276. The van der Waals surface area contributed by atoms with E-state index in [1.54, 1.807) is 12.1 Å². The van der Waals surface area contributed by atoms with Gasteiger partial charge in [-0.2, -0.15) is 4.39 Å². The second-order valence-electron chi connectivity index (χ2n) is 3.38. The van der Waals surface area contributed by atoms with Crippen LogP contribution in [0, 0.1) is 5.95 Å². The summed E-state index contributed by atoms with van der Waals surface area (Å²) < 4.78 is 12.8. The van der Waals surface area contributed by atoms with Crippen molar-refractivity contribution in [1.29, 1.82) is 0 Å². The molecule has 0 radical (unpaired) electrons. The van der Waals surface area contributed by atoms with Crippen LogP contribution in [0.15, 0.2) is 18.2 Å². The van der Waals surface area contributed by atoms with Crippen molar-refractivity contribution >= 4 is 5.82 Å². The molecule has 0 aliphatic carbocycles. The molecular weight excluding hydrogens is 179 g/mol. The highest BCUT2D eigenvalue weighted by molar-refractivity contribution is 5.34. The molecule has 1 heterocycles. The fourth-order valence-electron chi connectivity index (χ4n) is 1.42. The molecule has 0 saturated heterocycles. The van der Waals surface area contributed by atoms with Gasteiger partial charge in [-0.15, -0.1) is 0 Å². The predicted octanol–water partition coefficient (Wildman–Crippen LogP) is 3.21. The van der Waals surface area contributed by atoms with E-state index in [0.29, 0.717) is 11.9 Å². The highest BCUT2D eigenvalue weighted by Gasteiger charge is 2.05.